The summed E-state index contributed by atoms with van der Waals surface area (Å²) in [6, 6.07) is 7.93. The molecule has 1 aromatic rings. The van der Waals surface area contributed by atoms with Crippen molar-refractivity contribution in [3.8, 4) is 0 Å². The van der Waals surface area contributed by atoms with E-state index >= 15 is 0 Å². The Bertz CT molecular complexity index is 390. The smallest absolute Gasteiger partial charge is 0.328 e. The van der Waals surface area contributed by atoms with Crippen LogP contribution in [0.2, 0.25) is 0 Å². The van der Waals surface area contributed by atoms with Gasteiger partial charge in [-0.3, -0.25) is 0 Å². The number of rotatable bonds is 8. The van der Waals surface area contributed by atoms with Gasteiger partial charge in [-0.2, -0.15) is 0 Å². The molecule has 1 atom stereocenters. The largest absolute Gasteiger partial charge is 0.467 e. The molecular formula is C16H25NO2. The molecule has 0 aliphatic heterocycles. The zero-order valence-electron chi connectivity index (χ0n) is 12.2. The average Bonchev–Trinajstić information content (AvgIpc) is 2.44. The zero-order valence-corrected chi connectivity index (χ0v) is 12.2. The molecule has 1 N–H and O–H groups in total. The van der Waals surface area contributed by atoms with Crippen LogP contribution in [0.4, 0.5) is 5.69 Å². The number of anilines is 1. The number of benzene rings is 1. The molecule has 106 valence electrons. The van der Waals surface area contributed by atoms with E-state index < -0.39 is 0 Å². The number of nitrogens with one attached hydrogen (secondary N) is 1. The number of esters is 1. The molecule has 0 radical (unpaired) electrons. The van der Waals surface area contributed by atoms with E-state index in [-0.39, 0.29) is 12.0 Å². The molecule has 0 aliphatic carbocycles. The molecule has 0 aliphatic rings. The summed E-state index contributed by atoms with van der Waals surface area (Å²) in [7, 11) is 1.45. The van der Waals surface area contributed by atoms with E-state index in [1.807, 2.05) is 18.2 Å². The highest BCUT2D eigenvalue weighted by Crippen LogP contribution is 2.19. The van der Waals surface area contributed by atoms with Crippen molar-refractivity contribution in [3.63, 3.8) is 0 Å². The molecule has 3 heteroatoms. The summed E-state index contributed by atoms with van der Waals surface area (Å²) in [5, 5.41) is 3.34. The Morgan fingerprint density at radius 1 is 1.26 bits per heavy atom. The zero-order chi connectivity index (χ0) is 14.1. The Balaban J connectivity index is 2.79. The number of unbranched alkanes of at least 4 members (excludes halogenated alkanes) is 1. The second-order valence-electron chi connectivity index (χ2n) is 4.77. The van der Waals surface area contributed by atoms with Gasteiger partial charge in [0.1, 0.15) is 6.04 Å². The van der Waals surface area contributed by atoms with Crippen molar-refractivity contribution in [2.75, 3.05) is 12.4 Å². The number of methoxy groups -OCH3 is 1. The van der Waals surface area contributed by atoms with E-state index in [4.69, 9.17) is 4.74 Å². The molecule has 0 amide bonds. The Morgan fingerprint density at radius 3 is 2.63 bits per heavy atom. The van der Waals surface area contributed by atoms with Crippen molar-refractivity contribution in [3.05, 3.63) is 29.8 Å². The standard InChI is InChI=1S/C16H25NO2/c1-4-6-11-15(16(18)19-3)17-14-12-8-7-10-13(14)9-5-2/h7-8,10,12,15,17H,4-6,9,11H2,1-3H3. The molecule has 0 spiro atoms. The Morgan fingerprint density at radius 2 is 2.00 bits per heavy atom. The summed E-state index contributed by atoms with van der Waals surface area (Å²) in [6.07, 6.45) is 5.01. The van der Waals surface area contributed by atoms with Crippen LogP contribution < -0.4 is 5.32 Å². The van der Waals surface area contributed by atoms with Gasteiger partial charge in [0.15, 0.2) is 0 Å². The molecule has 0 saturated heterocycles. The minimum atomic E-state index is -0.247. The molecule has 1 unspecified atom stereocenters. The van der Waals surface area contributed by atoms with Gasteiger partial charge in [0.2, 0.25) is 0 Å². The van der Waals surface area contributed by atoms with Crippen LogP contribution in [0.3, 0.4) is 0 Å². The van der Waals surface area contributed by atoms with Gasteiger partial charge in [-0.15, -0.1) is 0 Å². The quantitative estimate of drug-likeness (QED) is 0.725. The Labute approximate surface area is 116 Å². The van der Waals surface area contributed by atoms with Crippen LogP contribution in [0.5, 0.6) is 0 Å². The second-order valence-corrected chi connectivity index (χ2v) is 4.77. The fourth-order valence-corrected chi connectivity index (χ4v) is 2.14. The van der Waals surface area contributed by atoms with E-state index in [0.29, 0.717) is 0 Å². The van der Waals surface area contributed by atoms with Crippen LogP contribution in [0.25, 0.3) is 0 Å². The lowest BCUT2D eigenvalue weighted by Gasteiger charge is -2.19. The SMILES string of the molecule is CCCCC(Nc1ccccc1CCC)C(=O)OC. The normalized spacial score (nSPS) is 11.9. The summed E-state index contributed by atoms with van der Waals surface area (Å²) >= 11 is 0. The van der Waals surface area contributed by atoms with Crippen molar-refractivity contribution in [1.29, 1.82) is 0 Å². The number of para-hydroxylation sites is 1. The maximum Gasteiger partial charge on any atom is 0.328 e. The van der Waals surface area contributed by atoms with Crippen molar-refractivity contribution in [2.45, 2.75) is 52.0 Å². The molecule has 0 saturated carbocycles. The van der Waals surface area contributed by atoms with Gasteiger partial charge in [0.25, 0.3) is 0 Å². The van der Waals surface area contributed by atoms with E-state index in [1.54, 1.807) is 0 Å². The maximum absolute atomic E-state index is 11.8. The van der Waals surface area contributed by atoms with Crippen LogP contribution in [-0.4, -0.2) is 19.1 Å². The molecule has 19 heavy (non-hydrogen) atoms. The first-order valence-corrected chi connectivity index (χ1v) is 7.15. The Kier molecular flexibility index (Phi) is 7.01. The third-order valence-electron chi connectivity index (χ3n) is 3.20. The van der Waals surface area contributed by atoms with Crippen molar-refractivity contribution in [1.82, 2.24) is 0 Å². The molecule has 0 fully saturated rings. The summed E-state index contributed by atoms with van der Waals surface area (Å²) in [5.41, 5.74) is 2.31. The number of hydrogen-bond acceptors (Lipinski definition) is 3. The topological polar surface area (TPSA) is 38.3 Å². The van der Waals surface area contributed by atoms with E-state index in [0.717, 1.165) is 37.8 Å². The highest BCUT2D eigenvalue weighted by molar-refractivity contribution is 5.79. The van der Waals surface area contributed by atoms with Crippen LogP contribution in [0, 0.1) is 0 Å². The summed E-state index contributed by atoms with van der Waals surface area (Å²) in [5.74, 6) is -0.181. The maximum atomic E-state index is 11.8. The monoisotopic (exact) mass is 263 g/mol. The number of hydrogen-bond donors (Lipinski definition) is 1. The number of ether oxygens (including phenoxy) is 1. The molecule has 0 bridgehead atoms. The van der Waals surface area contributed by atoms with Gasteiger partial charge in [-0.05, 0) is 24.5 Å². The third-order valence-corrected chi connectivity index (χ3v) is 3.20. The van der Waals surface area contributed by atoms with Crippen molar-refractivity contribution >= 4 is 11.7 Å². The van der Waals surface area contributed by atoms with Crippen molar-refractivity contribution < 1.29 is 9.53 Å². The first-order chi connectivity index (χ1) is 9.22. The summed E-state index contributed by atoms with van der Waals surface area (Å²) < 4.78 is 4.88. The predicted octanol–water partition coefficient (Wildman–Crippen LogP) is 3.78. The highest BCUT2D eigenvalue weighted by atomic mass is 16.5. The van der Waals surface area contributed by atoms with Crippen LogP contribution in [0.1, 0.15) is 45.1 Å². The van der Waals surface area contributed by atoms with E-state index in [1.165, 1.54) is 12.7 Å². The first-order valence-electron chi connectivity index (χ1n) is 7.15. The van der Waals surface area contributed by atoms with E-state index in [9.17, 15) is 4.79 Å². The van der Waals surface area contributed by atoms with Gasteiger partial charge in [0, 0.05) is 5.69 Å². The van der Waals surface area contributed by atoms with Gasteiger partial charge in [-0.1, -0.05) is 51.3 Å². The highest BCUT2D eigenvalue weighted by Gasteiger charge is 2.19. The fraction of sp³-hybridized carbons (Fsp3) is 0.562. The van der Waals surface area contributed by atoms with Gasteiger partial charge in [-0.25, -0.2) is 4.79 Å². The van der Waals surface area contributed by atoms with Gasteiger partial charge < -0.3 is 10.1 Å². The summed E-state index contributed by atoms with van der Waals surface area (Å²) in [6.45, 7) is 4.28. The van der Waals surface area contributed by atoms with Crippen LogP contribution in [0.15, 0.2) is 24.3 Å². The number of carbonyl (C=O) groups is 1. The van der Waals surface area contributed by atoms with Gasteiger partial charge >= 0.3 is 5.97 Å². The molecule has 1 rings (SSSR count). The predicted molar refractivity (Wildman–Crippen MR) is 79.4 cm³/mol. The average molecular weight is 263 g/mol. The number of carbonyl (C=O) groups excluding carboxylic acids is 1. The summed E-state index contributed by atoms with van der Waals surface area (Å²) in [4.78, 5) is 11.8. The number of aryl methyl sites for hydroxylation is 1. The first kappa shape index (κ1) is 15.5. The second kappa shape index (κ2) is 8.57. The van der Waals surface area contributed by atoms with Crippen molar-refractivity contribution in [2.24, 2.45) is 0 Å². The molecule has 1 aromatic carbocycles. The lowest BCUT2D eigenvalue weighted by atomic mass is 10.1. The minimum absolute atomic E-state index is 0.181. The van der Waals surface area contributed by atoms with Gasteiger partial charge in [0.05, 0.1) is 7.11 Å². The lowest BCUT2D eigenvalue weighted by molar-refractivity contribution is -0.141. The van der Waals surface area contributed by atoms with E-state index in [2.05, 4.69) is 25.2 Å². The molecule has 0 heterocycles. The third kappa shape index (κ3) is 4.93. The molecule has 0 aromatic heterocycles. The Hall–Kier alpha value is -1.51. The van der Waals surface area contributed by atoms with Crippen LogP contribution in [-0.2, 0) is 16.0 Å². The van der Waals surface area contributed by atoms with Crippen LogP contribution >= 0.6 is 0 Å². The molecule has 3 nitrogen and oxygen atoms in total. The molecular weight excluding hydrogens is 238 g/mol. The fourth-order valence-electron chi connectivity index (χ4n) is 2.14. The minimum Gasteiger partial charge on any atom is -0.467 e. The lowest BCUT2D eigenvalue weighted by Crippen LogP contribution is -2.31.